The maximum atomic E-state index is 10.7. The smallest absolute Gasteiger partial charge is 0.0717 e. The zero-order chi connectivity index (χ0) is 11.0. The van der Waals surface area contributed by atoms with Gasteiger partial charge in [0, 0.05) is 18.5 Å². The molecule has 0 spiro atoms. The lowest BCUT2D eigenvalue weighted by atomic mass is 9.82. The molecule has 2 heterocycles. The molecule has 2 unspecified atom stereocenters. The molecule has 2 fully saturated rings. The van der Waals surface area contributed by atoms with Crippen LogP contribution >= 0.6 is 0 Å². The molecule has 2 N–H and O–H groups in total. The monoisotopic (exact) mass is 217 g/mol. The number of hydrogen-bond donors (Lipinski definition) is 2. The fourth-order valence-corrected chi connectivity index (χ4v) is 3.35. The summed E-state index contributed by atoms with van der Waals surface area (Å²) in [6.45, 7) is 0. The Labute approximate surface area is 96.7 Å². The van der Waals surface area contributed by atoms with Gasteiger partial charge in [0.1, 0.15) is 0 Å². The van der Waals surface area contributed by atoms with Crippen molar-refractivity contribution >= 4 is 0 Å². The Morgan fingerprint density at radius 3 is 2.38 bits per heavy atom. The first kappa shape index (κ1) is 10.3. The van der Waals surface area contributed by atoms with E-state index in [1.165, 1.54) is 18.4 Å². The molecule has 0 saturated carbocycles. The SMILES string of the molecule is OC1(Cc2ccccc2)CC2CCC(C1)N2. The van der Waals surface area contributed by atoms with E-state index in [1.807, 2.05) is 18.2 Å². The minimum Gasteiger partial charge on any atom is -0.389 e. The van der Waals surface area contributed by atoms with Gasteiger partial charge in [0.25, 0.3) is 0 Å². The standard InChI is InChI=1S/C14H19NO/c16-14(8-11-4-2-1-3-5-11)9-12-6-7-13(10-14)15-12/h1-5,12-13,15-16H,6-10H2. The summed E-state index contributed by atoms with van der Waals surface area (Å²) in [5, 5.41) is 14.2. The quantitative estimate of drug-likeness (QED) is 0.792. The number of nitrogens with one attached hydrogen (secondary N) is 1. The number of fused-ring (bicyclic) bond motifs is 2. The van der Waals surface area contributed by atoms with Crippen molar-refractivity contribution in [3.05, 3.63) is 35.9 Å². The number of hydrogen-bond acceptors (Lipinski definition) is 2. The van der Waals surface area contributed by atoms with Gasteiger partial charge in [-0.25, -0.2) is 0 Å². The highest BCUT2D eigenvalue weighted by molar-refractivity contribution is 5.18. The van der Waals surface area contributed by atoms with Crippen molar-refractivity contribution in [1.29, 1.82) is 0 Å². The van der Waals surface area contributed by atoms with E-state index in [0.29, 0.717) is 12.1 Å². The molecule has 0 aliphatic carbocycles. The van der Waals surface area contributed by atoms with Crippen LogP contribution in [-0.4, -0.2) is 22.8 Å². The van der Waals surface area contributed by atoms with Crippen LogP contribution in [0.4, 0.5) is 0 Å². The molecule has 2 aliphatic rings. The van der Waals surface area contributed by atoms with Gasteiger partial charge in [0.05, 0.1) is 5.60 Å². The number of rotatable bonds is 2. The van der Waals surface area contributed by atoms with Crippen molar-refractivity contribution in [2.75, 3.05) is 0 Å². The fourth-order valence-electron chi connectivity index (χ4n) is 3.35. The number of piperidine rings is 1. The molecule has 1 aromatic rings. The van der Waals surface area contributed by atoms with Gasteiger partial charge in [-0.05, 0) is 31.2 Å². The number of aliphatic hydroxyl groups is 1. The molecule has 2 atom stereocenters. The molecule has 0 aromatic heterocycles. The fraction of sp³-hybridized carbons (Fsp3) is 0.571. The molecular weight excluding hydrogens is 198 g/mol. The predicted molar refractivity (Wildman–Crippen MR) is 64.3 cm³/mol. The Morgan fingerprint density at radius 1 is 1.12 bits per heavy atom. The highest BCUT2D eigenvalue weighted by atomic mass is 16.3. The first-order valence-corrected chi connectivity index (χ1v) is 6.26. The van der Waals surface area contributed by atoms with E-state index < -0.39 is 5.60 Å². The van der Waals surface area contributed by atoms with Crippen molar-refractivity contribution in [3.63, 3.8) is 0 Å². The lowest BCUT2D eigenvalue weighted by Crippen LogP contribution is -2.49. The molecule has 2 bridgehead atoms. The van der Waals surface area contributed by atoms with Crippen molar-refractivity contribution in [3.8, 4) is 0 Å². The summed E-state index contributed by atoms with van der Waals surface area (Å²) in [7, 11) is 0. The first-order chi connectivity index (χ1) is 7.73. The van der Waals surface area contributed by atoms with Crippen LogP contribution in [0.15, 0.2) is 30.3 Å². The van der Waals surface area contributed by atoms with Crippen molar-refractivity contribution in [2.24, 2.45) is 0 Å². The van der Waals surface area contributed by atoms with Crippen molar-refractivity contribution < 1.29 is 5.11 Å². The molecule has 0 amide bonds. The van der Waals surface area contributed by atoms with E-state index in [0.717, 1.165) is 19.3 Å². The van der Waals surface area contributed by atoms with Gasteiger partial charge in [-0.3, -0.25) is 0 Å². The van der Waals surface area contributed by atoms with E-state index in [2.05, 4.69) is 17.4 Å². The van der Waals surface area contributed by atoms with Crippen LogP contribution in [0.2, 0.25) is 0 Å². The average molecular weight is 217 g/mol. The van der Waals surface area contributed by atoms with Crippen LogP contribution in [0.3, 0.4) is 0 Å². The normalized spacial score (nSPS) is 37.6. The molecule has 3 rings (SSSR count). The second-order valence-corrected chi connectivity index (χ2v) is 5.43. The summed E-state index contributed by atoms with van der Waals surface area (Å²) >= 11 is 0. The molecule has 1 aromatic carbocycles. The van der Waals surface area contributed by atoms with Gasteiger partial charge in [-0.2, -0.15) is 0 Å². The highest BCUT2D eigenvalue weighted by Crippen LogP contribution is 2.35. The first-order valence-electron chi connectivity index (χ1n) is 6.26. The summed E-state index contributed by atoms with van der Waals surface area (Å²) in [6.07, 6.45) is 5.11. The van der Waals surface area contributed by atoms with Gasteiger partial charge in [0.15, 0.2) is 0 Å². The summed E-state index contributed by atoms with van der Waals surface area (Å²) < 4.78 is 0. The van der Waals surface area contributed by atoms with E-state index in [4.69, 9.17) is 0 Å². The van der Waals surface area contributed by atoms with Crippen LogP contribution in [0, 0.1) is 0 Å². The van der Waals surface area contributed by atoms with Crippen molar-refractivity contribution in [2.45, 2.75) is 49.8 Å². The second kappa shape index (κ2) is 3.86. The average Bonchev–Trinajstić information content (AvgIpc) is 2.59. The van der Waals surface area contributed by atoms with E-state index >= 15 is 0 Å². The lowest BCUT2D eigenvalue weighted by Gasteiger charge is -2.37. The Hall–Kier alpha value is -0.860. The molecule has 86 valence electrons. The zero-order valence-corrected chi connectivity index (χ0v) is 9.52. The third-order valence-electron chi connectivity index (χ3n) is 3.96. The summed E-state index contributed by atoms with van der Waals surface area (Å²) in [6, 6.07) is 11.5. The van der Waals surface area contributed by atoms with Gasteiger partial charge in [0.2, 0.25) is 0 Å². The Morgan fingerprint density at radius 2 is 1.75 bits per heavy atom. The molecule has 0 radical (unpaired) electrons. The minimum absolute atomic E-state index is 0.474. The number of benzene rings is 1. The van der Waals surface area contributed by atoms with Crippen molar-refractivity contribution in [1.82, 2.24) is 5.32 Å². The van der Waals surface area contributed by atoms with Gasteiger partial charge in [-0.15, -0.1) is 0 Å². The highest BCUT2D eigenvalue weighted by Gasteiger charge is 2.42. The van der Waals surface area contributed by atoms with Crippen LogP contribution in [-0.2, 0) is 6.42 Å². The van der Waals surface area contributed by atoms with E-state index in [9.17, 15) is 5.11 Å². The Balaban J connectivity index is 1.74. The molecule has 2 nitrogen and oxygen atoms in total. The molecule has 2 heteroatoms. The predicted octanol–water partition coefficient (Wildman–Crippen LogP) is 1.87. The van der Waals surface area contributed by atoms with Gasteiger partial charge in [-0.1, -0.05) is 30.3 Å². The van der Waals surface area contributed by atoms with E-state index in [1.54, 1.807) is 0 Å². The largest absolute Gasteiger partial charge is 0.389 e. The summed E-state index contributed by atoms with van der Waals surface area (Å²) in [5.41, 5.74) is 0.782. The lowest BCUT2D eigenvalue weighted by molar-refractivity contribution is -0.00608. The van der Waals surface area contributed by atoms with Crippen LogP contribution < -0.4 is 5.32 Å². The third kappa shape index (κ3) is 2.00. The molecule has 16 heavy (non-hydrogen) atoms. The molecular formula is C14H19NO. The molecule has 2 saturated heterocycles. The minimum atomic E-state index is -0.474. The Bertz CT molecular complexity index is 350. The second-order valence-electron chi connectivity index (χ2n) is 5.43. The van der Waals surface area contributed by atoms with E-state index in [-0.39, 0.29) is 0 Å². The molecule has 2 aliphatic heterocycles. The summed E-state index contributed by atoms with van der Waals surface area (Å²) in [4.78, 5) is 0. The Kier molecular flexibility index (Phi) is 2.49. The topological polar surface area (TPSA) is 32.3 Å². The summed E-state index contributed by atoms with van der Waals surface area (Å²) in [5.74, 6) is 0. The zero-order valence-electron chi connectivity index (χ0n) is 9.52. The van der Waals surface area contributed by atoms with Crippen LogP contribution in [0.1, 0.15) is 31.2 Å². The third-order valence-corrected chi connectivity index (χ3v) is 3.96. The van der Waals surface area contributed by atoms with Crippen LogP contribution in [0.5, 0.6) is 0 Å². The van der Waals surface area contributed by atoms with Gasteiger partial charge >= 0.3 is 0 Å². The van der Waals surface area contributed by atoms with Crippen LogP contribution in [0.25, 0.3) is 0 Å². The maximum absolute atomic E-state index is 10.7. The van der Waals surface area contributed by atoms with Gasteiger partial charge < -0.3 is 10.4 Å². The maximum Gasteiger partial charge on any atom is 0.0717 e.